The van der Waals surface area contributed by atoms with Gasteiger partial charge >= 0.3 is 6.18 Å². The van der Waals surface area contributed by atoms with Crippen molar-refractivity contribution in [1.82, 2.24) is 19.5 Å². The number of fused-ring (bicyclic) bond motifs is 7. The van der Waals surface area contributed by atoms with E-state index < -0.39 is 11.7 Å². The third-order valence-electron chi connectivity index (χ3n) is 12.5. The second-order valence-electron chi connectivity index (χ2n) is 16.8. The molecule has 7 heteroatoms. The molecule has 0 spiro atoms. The van der Waals surface area contributed by atoms with Gasteiger partial charge in [0, 0.05) is 44.0 Å². The van der Waals surface area contributed by atoms with Crippen molar-refractivity contribution in [2.45, 2.75) is 32.4 Å². The molecule has 0 aliphatic heterocycles. The zero-order valence-electron chi connectivity index (χ0n) is 34.7. The first-order valence-corrected chi connectivity index (χ1v) is 21.0. The van der Waals surface area contributed by atoms with Crippen molar-refractivity contribution in [2.75, 3.05) is 0 Å². The number of aryl methyl sites for hydroxylation is 1. The van der Waals surface area contributed by atoms with Crippen LogP contribution in [0.2, 0.25) is 0 Å². The van der Waals surface area contributed by atoms with Gasteiger partial charge in [-0.2, -0.15) is 13.2 Å². The molecule has 2 heterocycles. The fourth-order valence-corrected chi connectivity index (χ4v) is 9.63. The van der Waals surface area contributed by atoms with E-state index in [9.17, 15) is 13.2 Å². The normalized spacial score (nSPS) is 13.0. The van der Waals surface area contributed by atoms with Gasteiger partial charge in [0.25, 0.3) is 0 Å². The number of para-hydroxylation sites is 1. The summed E-state index contributed by atoms with van der Waals surface area (Å²) in [6, 6.07) is 58.8. The quantitative estimate of drug-likeness (QED) is 0.168. The molecule has 0 radical (unpaired) electrons. The lowest BCUT2D eigenvalue weighted by Gasteiger charge is -2.23. The number of nitrogens with zero attached hydrogens (tertiary/aromatic N) is 4. The summed E-state index contributed by atoms with van der Waals surface area (Å²) >= 11 is 0. The molecule has 0 bridgehead atoms. The largest absolute Gasteiger partial charge is 0.416 e. The number of alkyl halides is 3. The van der Waals surface area contributed by atoms with Gasteiger partial charge in [-0.25, -0.2) is 15.0 Å². The van der Waals surface area contributed by atoms with Crippen LogP contribution in [0.25, 0.3) is 95.0 Å². The maximum Gasteiger partial charge on any atom is 0.416 e. The Balaban J connectivity index is 1.29. The SMILES string of the molecule is Cc1cccc(-c2cc(-c3nc(-c4ccccc4)nc(-c4ccccc4)n3)cc(-c3cccc(C(F)(F)F)c3)c2-n2c3ccccc3c3c4c(ccc32)-c2ccccc2C4(C)C)c1. The molecule has 0 atom stereocenters. The Morgan fingerprint density at radius 3 is 1.67 bits per heavy atom. The standard InChI is InChI=1S/C56H39F3N4/c1-34-16-14-21-37(30-34)44-32-39(54-61-52(35-17-6-4-7-18-35)60-53(62-54)36-19-8-5-9-20-36)33-45(38-22-15-23-40(31-38)56(57,58)59)51(44)63-47-27-13-11-25-43(47)49-48(63)29-28-42-41-24-10-12-26-46(41)55(2,3)50(42)49/h4-33H,1-3H3. The molecule has 4 nitrogen and oxygen atoms in total. The summed E-state index contributed by atoms with van der Waals surface area (Å²) in [6.07, 6.45) is -4.56. The fourth-order valence-electron chi connectivity index (χ4n) is 9.63. The smallest absolute Gasteiger partial charge is 0.308 e. The predicted molar refractivity (Wildman–Crippen MR) is 249 cm³/mol. The Morgan fingerprint density at radius 2 is 1.02 bits per heavy atom. The average molecular weight is 825 g/mol. The van der Waals surface area contributed by atoms with Crippen molar-refractivity contribution < 1.29 is 13.2 Å². The van der Waals surface area contributed by atoms with Gasteiger partial charge in [-0.15, -0.1) is 0 Å². The molecule has 8 aromatic carbocycles. The molecular formula is C56H39F3N4. The van der Waals surface area contributed by atoms with Gasteiger partial charge in [0.15, 0.2) is 17.5 Å². The first-order chi connectivity index (χ1) is 30.5. The van der Waals surface area contributed by atoms with Crippen molar-refractivity contribution in [2.24, 2.45) is 0 Å². The second kappa shape index (κ2) is 14.5. The summed E-state index contributed by atoms with van der Waals surface area (Å²) in [7, 11) is 0. The Hall–Kier alpha value is -7.64. The van der Waals surface area contributed by atoms with Gasteiger partial charge in [-0.05, 0) is 76.7 Å². The van der Waals surface area contributed by atoms with Gasteiger partial charge in [0.05, 0.1) is 22.3 Å². The van der Waals surface area contributed by atoms with Crippen molar-refractivity contribution in [1.29, 1.82) is 0 Å². The first kappa shape index (κ1) is 38.3. The van der Waals surface area contributed by atoms with Gasteiger partial charge in [0.2, 0.25) is 0 Å². The lowest BCUT2D eigenvalue weighted by Crippen LogP contribution is -2.15. The van der Waals surface area contributed by atoms with Crippen LogP contribution in [0.4, 0.5) is 13.2 Å². The summed E-state index contributed by atoms with van der Waals surface area (Å²) in [4.78, 5) is 15.1. The molecule has 10 aromatic rings. The maximum atomic E-state index is 14.7. The minimum absolute atomic E-state index is 0.320. The Kier molecular flexibility index (Phi) is 8.81. The number of benzene rings is 8. The molecular weight excluding hydrogens is 786 g/mol. The lowest BCUT2D eigenvalue weighted by molar-refractivity contribution is -0.137. The van der Waals surface area contributed by atoms with Crippen LogP contribution in [0.1, 0.15) is 36.1 Å². The Labute approximate surface area is 363 Å². The van der Waals surface area contributed by atoms with Crippen LogP contribution in [0.15, 0.2) is 182 Å². The van der Waals surface area contributed by atoms with E-state index in [4.69, 9.17) is 15.0 Å². The number of rotatable bonds is 6. The minimum Gasteiger partial charge on any atom is -0.308 e. The molecule has 0 unspecified atom stereocenters. The summed E-state index contributed by atoms with van der Waals surface area (Å²) < 4.78 is 46.4. The summed E-state index contributed by atoms with van der Waals surface area (Å²) in [6.45, 7) is 6.62. The van der Waals surface area contributed by atoms with Crippen LogP contribution in [0.3, 0.4) is 0 Å². The van der Waals surface area contributed by atoms with E-state index in [1.165, 1.54) is 34.4 Å². The predicted octanol–water partition coefficient (Wildman–Crippen LogP) is 14.9. The van der Waals surface area contributed by atoms with Crippen LogP contribution in [-0.2, 0) is 11.6 Å². The third-order valence-corrected chi connectivity index (χ3v) is 12.5. The molecule has 0 saturated carbocycles. The lowest BCUT2D eigenvalue weighted by atomic mass is 9.80. The van der Waals surface area contributed by atoms with E-state index in [1.54, 1.807) is 6.07 Å². The van der Waals surface area contributed by atoms with Crippen LogP contribution in [0, 0.1) is 6.92 Å². The van der Waals surface area contributed by atoms with Gasteiger partial charge in [-0.3, -0.25) is 0 Å². The van der Waals surface area contributed by atoms with Gasteiger partial charge in [-0.1, -0.05) is 165 Å². The van der Waals surface area contributed by atoms with E-state index >= 15 is 0 Å². The van der Waals surface area contributed by atoms with Crippen molar-refractivity contribution >= 4 is 21.8 Å². The molecule has 0 saturated heterocycles. The van der Waals surface area contributed by atoms with Crippen molar-refractivity contribution in [3.63, 3.8) is 0 Å². The monoisotopic (exact) mass is 824 g/mol. The molecule has 2 aromatic heterocycles. The maximum absolute atomic E-state index is 14.7. The number of aromatic nitrogens is 4. The zero-order chi connectivity index (χ0) is 43.0. The van der Waals surface area contributed by atoms with E-state index in [0.717, 1.165) is 61.4 Å². The summed E-state index contributed by atoms with van der Waals surface area (Å²) in [5.41, 5.74) is 12.6. The van der Waals surface area contributed by atoms with Crippen molar-refractivity contribution in [3.05, 3.63) is 204 Å². The zero-order valence-corrected chi connectivity index (χ0v) is 34.7. The molecule has 1 aliphatic rings. The van der Waals surface area contributed by atoms with E-state index in [2.05, 4.69) is 104 Å². The van der Waals surface area contributed by atoms with Crippen molar-refractivity contribution in [3.8, 4) is 73.2 Å². The van der Waals surface area contributed by atoms with Crippen LogP contribution in [-0.4, -0.2) is 19.5 Å². The highest BCUT2D eigenvalue weighted by Gasteiger charge is 2.38. The van der Waals surface area contributed by atoms with Crippen LogP contribution < -0.4 is 0 Å². The van der Waals surface area contributed by atoms with Gasteiger partial charge in [0.1, 0.15) is 0 Å². The Bertz CT molecular complexity index is 3360. The highest BCUT2D eigenvalue weighted by atomic mass is 19.4. The van der Waals surface area contributed by atoms with E-state index in [0.29, 0.717) is 34.2 Å². The third kappa shape index (κ3) is 6.34. The van der Waals surface area contributed by atoms with E-state index in [1.807, 2.05) is 78.9 Å². The molecule has 0 amide bonds. The summed E-state index contributed by atoms with van der Waals surface area (Å²) in [5, 5.41) is 2.19. The van der Waals surface area contributed by atoms with Crippen LogP contribution >= 0.6 is 0 Å². The van der Waals surface area contributed by atoms with E-state index in [-0.39, 0.29) is 5.41 Å². The highest BCUT2D eigenvalue weighted by molar-refractivity contribution is 6.15. The minimum atomic E-state index is -4.56. The first-order valence-electron chi connectivity index (χ1n) is 21.0. The molecule has 0 N–H and O–H groups in total. The topological polar surface area (TPSA) is 43.6 Å². The molecule has 1 aliphatic carbocycles. The fraction of sp³-hybridized carbons (Fsp3) is 0.0893. The second-order valence-corrected chi connectivity index (χ2v) is 16.8. The van der Waals surface area contributed by atoms with Crippen LogP contribution in [0.5, 0.6) is 0 Å². The average Bonchev–Trinajstić information content (AvgIpc) is 3.76. The number of hydrogen-bond acceptors (Lipinski definition) is 3. The molecule has 0 fully saturated rings. The Morgan fingerprint density at radius 1 is 0.460 bits per heavy atom. The molecule has 63 heavy (non-hydrogen) atoms. The summed E-state index contributed by atoms with van der Waals surface area (Å²) in [5.74, 6) is 1.37. The molecule has 11 rings (SSSR count). The number of halogens is 3. The highest BCUT2D eigenvalue weighted by Crippen LogP contribution is 2.54. The van der Waals surface area contributed by atoms with Gasteiger partial charge < -0.3 is 4.57 Å². The number of hydrogen-bond donors (Lipinski definition) is 0. The molecule has 304 valence electrons.